The van der Waals surface area contributed by atoms with Crippen LogP contribution in [0.5, 0.6) is 17.2 Å². The van der Waals surface area contributed by atoms with Gasteiger partial charge in [0.1, 0.15) is 0 Å². The van der Waals surface area contributed by atoms with Crippen molar-refractivity contribution in [3.63, 3.8) is 0 Å². The van der Waals surface area contributed by atoms with Gasteiger partial charge in [0.15, 0.2) is 17.2 Å². The van der Waals surface area contributed by atoms with Crippen molar-refractivity contribution in [2.75, 3.05) is 0 Å². The van der Waals surface area contributed by atoms with Crippen molar-refractivity contribution >= 4 is 35.3 Å². The summed E-state index contributed by atoms with van der Waals surface area (Å²) in [6.07, 6.45) is 1.35. The lowest BCUT2D eigenvalue weighted by Crippen LogP contribution is -2.17. The summed E-state index contributed by atoms with van der Waals surface area (Å²) in [5, 5.41) is 32.3. The Balaban J connectivity index is 2.09. The molecule has 0 saturated heterocycles. The molecule has 0 heterocycles. The normalized spacial score (nSPS) is 10.8. The molecule has 22 heavy (non-hydrogen) atoms. The molecule has 0 atom stereocenters. The minimum absolute atomic E-state index is 0.0703. The second-order valence-corrected chi connectivity index (χ2v) is 5.05. The Kier molecular flexibility index (Phi) is 4.75. The first-order chi connectivity index (χ1) is 10.4. The number of hydrazone groups is 1. The van der Waals surface area contributed by atoms with E-state index >= 15 is 0 Å². The average molecular weight is 341 g/mol. The predicted molar refractivity (Wildman–Crippen MR) is 83.0 cm³/mol. The van der Waals surface area contributed by atoms with E-state index in [1.165, 1.54) is 6.21 Å². The maximum atomic E-state index is 11.8. The van der Waals surface area contributed by atoms with Crippen molar-refractivity contribution in [2.24, 2.45) is 5.10 Å². The van der Waals surface area contributed by atoms with Crippen LogP contribution in [0.2, 0.25) is 10.0 Å². The molecule has 8 heteroatoms. The van der Waals surface area contributed by atoms with E-state index in [0.717, 1.165) is 12.1 Å². The number of rotatable bonds is 3. The number of aromatic hydroxyl groups is 3. The standard InChI is InChI=1S/C14H10Cl2N2O4/c15-9-2-1-7(3-10(9)16)6-17-18-14(22)8-4-11(19)13(21)12(20)5-8/h1-6,19-21H,(H,18,22)/b17-6+. The van der Waals surface area contributed by atoms with Gasteiger partial charge in [0.2, 0.25) is 0 Å². The highest BCUT2D eigenvalue weighted by atomic mass is 35.5. The summed E-state index contributed by atoms with van der Waals surface area (Å²) in [6, 6.07) is 6.81. The largest absolute Gasteiger partial charge is 0.504 e. The van der Waals surface area contributed by atoms with Gasteiger partial charge in [-0.15, -0.1) is 0 Å². The van der Waals surface area contributed by atoms with Crippen LogP contribution in [0.15, 0.2) is 35.4 Å². The molecule has 1 amide bonds. The zero-order valence-corrected chi connectivity index (χ0v) is 12.4. The van der Waals surface area contributed by atoms with E-state index in [-0.39, 0.29) is 5.56 Å². The summed E-state index contributed by atoms with van der Waals surface area (Å²) in [6.45, 7) is 0. The van der Waals surface area contributed by atoms with Crippen LogP contribution in [-0.4, -0.2) is 27.4 Å². The van der Waals surface area contributed by atoms with Gasteiger partial charge in [0.25, 0.3) is 5.91 Å². The summed E-state index contributed by atoms with van der Waals surface area (Å²) in [7, 11) is 0. The van der Waals surface area contributed by atoms with Crippen LogP contribution >= 0.6 is 23.2 Å². The molecule has 0 aromatic heterocycles. The monoisotopic (exact) mass is 340 g/mol. The molecule has 0 aliphatic carbocycles. The van der Waals surface area contributed by atoms with E-state index in [1.54, 1.807) is 18.2 Å². The van der Waals surface area contributed by atoms with Gasteiger partial charge in [0, 0.05) is 5.56 Å². The Morgan fingerprint density at radius 2 is 1.68 bits per heavy atom. The van der Waals surface area contributed by atoms with Crippen molar-refractivity contribution in [3.05, 3.63) is 51.5 Å². The molecule has 2 rings (SSSR count). The van der Waals surface area contributed by atoms with Crippen molar-refractivity contribution in [1.82, 2.24) is 5.43 Å². The van der Waals surface area contributed by atoms with Crippen LogP contribution in [0.3, 0.4) is 0 Å². The minimum Gasteiger partial charge on any atom is -0.504 e. The second-order valence-electron chi connectivity index (χ2n) is 4.24. The number of hydrogen-bond acceptors (Lipinski definition) is 5. The van der Waals surface area contributed by atoms with Gasteiger partial charge in [0.05, 0.1) is 16.3 Å². The third kappa shape index (κ3) is 3.60. The SMILES string of the molecule is O=C(N/N=C/c1ccc(Cl)c(Cl)c1)c1cc(O)c(O)c(O)c1. The number of phenols is 3. The molecule has 114 valence electrons. The first-order valence-corrected chi connectivity index (χ1v) is 6.67. The minimum atomic E-state index is -0.698. The van der Waals surface area contributed by atoms with Crippen LogP contribution < -0.4 is 5.43 Å². The van der Waals surface area contributed by atoms with Gasteiger partial charge in [-0.1, -0.05) is 29.3 Å². The van der Waals surface area contributed by atoms with Gasteiger partial charge < -0.3 is 15.3 Å². The fraction of sp³-hybridized carbons (Fsp3) is 0. The summed E-state index contributed by atoms with van der Waals surface area (Å²) >= 11 is 11.6. The summed E-state index contributed by atoms with van der Waals surface area (Å²) in [5.41, 5.74) is 2.75. The van der Waals surface area contributed by atoms with Crippen LogP contribution in [0, 0.1) is 0 Å². The maximum absolute atomic E-state index is 11.8. The predicted octanol–water partition coefficient (Wildman–Crippen LogP) is 2.87. The smallest absolute Gasteiger partial charge is 0.271 e. The van der Waals surface area contributed by atoms with E-state index < -0.39 is 23.2 Å². The summed E-state index contributed by atoms with van der Waals surface area (Å²) < 4.78 is 0. The number of halogens is 2. The van der Waals surface area contributed by atoms with Crippen molar-refractivity contribution in [1.29, 1.82) is 0 Å². The van der Waals surface area contributed by atoms with Crippen molar-refractivity contribution in [3.8, 4) is 17.2 Å². The third-order valence-electron chi connectivity index (χ3n) is 2.66. The maximum Gasteiger partial charge on any atom is 0.271 e. The average Bonchev–Trinajstić information content (AvgIpc) is 2.47. The van der Waals surface area contributed by atoms with E-state index in [0.29, 0.717) is 15.6 Å². The van der Waals surface area contributed by atoms with Crippen LogP contribution in [0.25, 0.3) is 0 Å². The Morgan fingerprint density at radius 3 is 2.27 bits per heavy atom. The number of nitrogens with zero attached hydrogens (tertiary/aromatic N) is 1. The van der Waals surface area contributed by atoms with Crippen molar-refractivity contribution < 1.29 is 20.1 Å². The number of phenolic OH excluding ortho intramolecular Hbond substituents is 3. The number of carbonyl (C=O) groups excluding carboxylic acids is 1. The highest BCUT2D eigenvalue weighted by Crippen LogP contribution is 2.35. The summed E-state index contributed by atoms with van der Waals surface area (Å²) in [5.74, 6) is -2.60. The molecule has 4 N–H and O–H groups in total. The molecule has 0 aliphatic rings. The fourth-order valence-electron chi connectivity index (χ4n) is 1.56. The topological polar surface area (TPSA) is 102 Å². The molecule has 6 nitrogen and oxygen atoms in total. The van der Waals surface area contributed by atoms with Crippen LogP contribution in [-0.2, 0) is 0 Å². The van der Waals surface area contributed by atoms with Gasteiger partial charge in [-0.25, -0.2) is 5.43 Å². The molecule has 0 aliphatic heterocycles. The zero-order valence-electron chi connectivity index (χ0n) is 10.9. The molecule has 0 radical (unpaired) electrons. The Morgan fingerprint density at radius 1 is 1.05 bits per heavy atom. The number of carbonyl (C=O) groups is 1. The highest BCUT2D eigenvalue weighted by Gasteiger charge is 2.12. The quantitative estimate of drug-likeness (QED) is 0.392. The molecule has 0 spiro atoms. The number of amides is 1. The Hall–Kier alpha value is -2.44. The van der Waals surface area contributed by atoms with Gasteiger partial charge in [-0.3, -0.25) is 4.79 Å². The Labute approximate surface area is 135 Å². The van der Waals surface area contributed by atoms with E-state index in [9.17, 15) is 20.1 Å². The fourth-order valence-corrected chi connectivity index (χ4v) is 1.86. The highest BCUT2D eigenvalue weighted by molar-refractivity contribution is 6.42. The first kappa shape index (κ1) is 15.9. The molecule has 0 saturated carbocycles. The second kappa shape index (κ2) is 6.55. The van der Waals surface area contributed by atoms with Gasteiger partial charge in [-0.05, 0) is 29.8 Å². The molecule has 0 fully saturated rings. The molecule has 2 aromatic rings. The van der Waals surface area contributed by atoms with E-state index in [1.807, 2.05) is 0 Å². The lowest BCUT2D eigenvalue weighted by atomic mass is 10.2. The molecular weight excluding hydrogens is 331 g/mol. The lowest BCUT2D eigenvalue weighted by Gasteiger charge is -2.04. The number of benzene rings is 2. The Bertz CT molecular complexity index is 739. The molecule has 2 aromatic carbocycles. The lowest BCUT2D eigenvalue weighted by molar-refractivity contribution is 0.0954. The van der Waals surface area contributed by atoms with E-state index in [4.69, 9.17) is 23.2 Å². The number of nitrogens with one attached hydrogen (secondary N) is 1. The van der Waals surface area contributed by atoms with Crippen molar-refractivity contribution in [2.45, 2.75) is 0 Å². The number of hydrogen-bond donors (Lipinski definition) is 4. The van der Waals surface area contributed by atoms with E-state index in [2.05, 4.69) is 10.5 Å². The van der Waals surface area contributed by atoms with Crippen LogP contribution in [0.1, 0.15) is 15.9 Å². The third-order valence-corrected chi connectivity index (χ3v) is 3.39. The first-order valence-electron chi connectivity index (χ1n) is 5.92. The molecule has 0 unspecified atom stereocenters. The van der Waals surface area contributed by atoms with Gasteiger partial charge >= 0.3 is 0 Å². The van der Waals surface area contributed by atoms with Gasteiger partial charge in [-0.2, -0.15) is 5.10 Å². The summed E-state index contributed by atoms with van der Waals surface area (Å²) in [4.78, 5) is 11.8. The zero-order chi connectivity index (χ0) is 16.3. The molecule has 0 bridgehead atoms. The molecular formula is C14H10Cl2N2O4. The van der Waals surface area contributed by atoms with Crippen LogP contribution in [0.4, 0.5) is 0 Å².